The van der Waals surface area contributed by atoms with Gasteiger partial charge in [0.2, 0.25) is 10.0 Å². The summed E-state index contributed by atoms with van der Waals surface area (Å²) in [4.78, 5) is 8.54. The first-order valence-corrected chi connectivity index (χ1v) is 10.5. The molecule has 1 fully saturated rings. The summed E-state index contributed by atoms with van der Waals surface area (Å²) in [5, 5.41) is 0.827. The molecular weight excluding hydrogens is 362 g/mol. The van der Waals surface area contributed by atoms with Gasteiger partial charge in [-0.3, -0.25) is 9.97 Å². The lowest BCUT2D eigenvalue weighted by atomic mass is 10.0. The lowest BCUT2D eigenvalue weighted by Crippen LogP contribution is -2.41. The zero-order valence-electron chi connectivity index (χ0n) is 14.9. The van der Waals surface area contributed by atoms with Gasteiger partial charge in [0, 0.05) is 43.0 Å². The lowest BCUT2D eigenvalue weighted by Gasteiger charge is -2.32. The van der Waals surface area contributed by atoms with Gasteiger partial charge in [-0.05, 0) is 37.1 Å². The quantitative estimate of drug-likeness (QED) is 0.677. The van der Waals surface area contributed by atoms with Gasteiger partial charge in [0.25, 0.3) is 0 Å². The molecule has 0 saturated carbocycles. The van der Waals surface area contributed by atoms with Crippen molar-refractivity contribution in [2.24, 2.45) is 5.92 Å². The van der Waals surface area contributed by atoms with Gasteiger partial charge in [0.1, 0.15) is 10.6 Å². The average Bonchev–Trinajstić information content (AvgIpc) is 2.73. The van der Waals surface area contributed by atoms with Crippen molar-refractivity contribution < 1.29 is 13.2 Å². The van der Waals surface area contributed by atoms with Crippen LogP contribution in [0.3, 0.4) is 0 Å². The Balaban J connectivity index is 1.53. The Bertz CT molecular complexity index is 1020. The Morgan fingerprint density at radius 2 is 1.89 bits per heavy atom. The summed E-state index contributed by atoms with van der Waals surface area (Å²) in [7, 11) is -3.60. The van der Waals surface area contributed by atoms with E-state index in [0.29, 0.717) is 25.2 Å². The van der Waals surface area contributed by atoms with Crippen LogP contribution in [0.5, 0.6) is 5.75 Å². The fourth-order valence-electron chi connectivity index (χ4n) is 3.45. The molecule has 0 N–H and O–H groups in total. The monoisotopic (exact) mass is 383 g/mol. The number of hydrogen-bond acceptors (Lipinski definition) is 5. The van der Waals surface area contributed by atoms with Crippen molar-refractivity contribution in [2.75, 3.05) is 19.7 Å². The van der Waals surface area contributed by atoms with Crippen molar-refractivity contribution in [1.82, 2.24) is 14.3 Å². The molecule has 1 unspecified atom stereocenters. The molecule has 140 valence electrons. The van der Waals surface area contributed by atoms with Crippen LogP contribution in [0.4, 0.5) is 0 Å². The Hall–Kier alpha value is -2.51. The molecule has 1 saturated heterocycles. The fraction of sp³-hybridized carbons (Fsp3) is 0.300. The molecule has 3 aromatic rings. The minimum Gasteiger partial charge on any atom is -0.493 e. The third-order valence-electron chi connectivity index (χ3n) is 4.83. The zero-order valence-corrected chi connectivity index (χ0v) is 15.7. The van der Waals surface area contributed by atoms with Crippen LogP contribution in [0.15, 0.2) is 66.0 Å². The third-order valence-corrected chi connectivity index (χ3v) is 6.73. The highest BCUT2D eigenvalue weighted by Gasteiger charge is 2.31. The van der Waals surface area contributed by atoms with Crippen molar-refractivity contribution in [2.45, 2.75) is 17.7 Å². The summed E-state index contributed by atoms with van der Waals surface area (Å²) < 4.78 is 33.9. The van der Waals surface area contributed by atoms with Crippen molar-refractivity contribution >= 4 is 20.9 Å². The van der Waals surface area contributed by atoms with E-state index in [-0.39, 0.29) is 10.8 Å². The number of piperidine rings is 1. The summed E-state index contributed by atoms with van der Waals surface area (Å²) in [6, 6.07) is 12.6. The predicted molar refractivity (Wildman–Crippen MR) is 103 cm³/mol. The van der Waals surface area contributed by atoms with Crippen LogP contribution < -0.4 is 4.74 Å². The normalized spacial score (nSPS) is 18.4. The number of aromatic nitrogens is 2. The third kappa shape index (κ3) is 3.79. The van der Waals surface area contributed by atoms with Gasteiger partial charge in [0.05, 0.1) is 12.1 Å². The number of sulfonamides is 1. The number of nitrogens with zero attached hydrogens (tertiary/aromatic N) is 3. The van der Waals surface area contributed by atoms with Crippen LogP contribution in [0.1, 0.15) is 12.8 Å². The molecule has 0 bridgehead atoms. The highest BCUT2D eigenvalue weighted by atomic mass is 32.2. The van der Waals surface area contributed by atoms with Crippen LogP contribution in [-0.2, 0) is 10.0 Å². The smallest absolute Gasteiger partial charge is 0.245 e. The molecule has 0 aliphatic carbocycles. The maximum absolute atomic E-state index is 13.3. The molecule has 0 amide bonds. The lowest BCUT2D eigenvalue weighted by molar-refractivity contribution is 0.180. The molecule has 2 aromatic heterocycles. The summed E-state index contributed by atoms with van der Waals surface area (Å²) in [6.45, 7) is 1.47. The van der Waals surface area contributed by atoms with E-state index in [9.17, 15) is 8.42 Å². The predicted octanol–water partition coefficient (Wildman–Crippen LogP) is 3.11. The van der Waals surface area contributed by atoms with Crippen LogP contribution in [0.2, 0.25) is 0 Å². The number of hydrogen-bond donors (Lipinski definition) is 0. The first kappa shape index (κ1) is 17.9. The molecule has 1 aromatic carbocycles. The standard InChI is InChI=1S/C20H21N3O3S/c24-27(25,19-7-1-5-17-6-2-10-22-20(17)19)23-13-3-4-16(14-23)15-26-18-8-11-21-12-9-18/h1-2,5-12,16H,3-4,13-15H2. The maximum Gasteiger partial charge on any atom is 0.245 e. The van der Waals surface area contributed by atoms with Gasteiger partial charge in [-0.1, -0.05) is 18.2 Å². The van der Waals surface area contributed by atoms with Crippen molar-refractivity contribution in [3.8, 4) is 5.75 Å². The molecular formula is C20H21N3O3S. The van der Waals surface area contributed by atoms with Crippen molar-refractivity contribution in [3.63, 3.8) is 0 Å². The first-order chi connectivity index (χ1) is 13.1. The van der Waals surface area contributed by atoms with E-state index in [2.05, 4.69) is 9.97 Å². The molecule has 1 atom stereocenters. The highest BCUT2D eigenvalue weighted by Crippen LogP contribution is 2.28. The molecule has 4 rings (SSSR count). The van der Waals surface area contributed by atoms with E-state index >= 15 is 0 Å². The van der Waals surface area contributed by atoms with Gasteiger partial charge < -0.3 is 4.74 Å². The van der Waals surface area contributed by atoms with E-state index < -0.39 is 10.0 Å². The van der Waals surface area contributed by atoms with Gasteiger partial charge in [-0.2, -0.15) is 4.31 Å². The van der Waals surface area contributed by atoms with E-state index in [1.807, 2.05) is 18.2 Å². The summed E-state index contributed by atoms with van der Waals surface area (Å²) in [5.74, 6) is 0.910. The van der Waals surface area contributed by atoms with E-state index in [1.54, 1.807) is 47.2 Å². The topological polar surface area (TPSA) is 72.4 Å². The molecule has 6 nitrogen and oxygen atoms in total. The second kappa shape index (κ2) is 7.62. The number of ether oxygens (including phenoxy) is 1. The van der Waals surface area contributed by atoms with E-state index in [4.69, 9.17) is 4.74 Å². The van der Waals surface area contributed by atoms with Gasteiger partial charge in [0.15, 0.2) is 0 Å². The zero-order chi connectivity index (χ0) is 18.7. The minimum atomic E-state index is -3.60. The van der Waals surface area contributed by atoms with Crippen molar-refractivity contribution in [1.29, 1.82) is 0 Å². The SMILES string of the molecule is O=S(=O)(c1cccc2cccnc12)N1CCCC(COc2ccncc2)C1. The van der Waals surface area contributed by atoms with Crippen LogP contribution in [0.25, 0.3) is 10.9 Å². The Labute approximate surface area is 158 Å². The first-order valence-electron chi connectivity index (χ1n) is 9.01. The minimum absolute atomic E-state index is 0.157. The van der Waals surface area contributed by atoms with E-state index in [1.165, 1.54) is 0 Å². The Kier molecular flexibility index (Phi) is 5.05. The molecule has 0 radical (unpaired) electrons. The second-order valence-electron chi connectivity index (χ2n) is 6.70. The highest BCUT2D eigenvalue weighted by molar-refractivity contribution is 7.89. The van der Waals surface area contributed by atoms with Gasteiger partial charge >= 0.3 is 0 Å². The maximum atomic E-state index is 13.3. The van der Waals surface area contributed by atoms with Crippen LogP contribution in [0, 0.1) is 5.92 Å². The largest absolute Gasteiger partial charge is 0.493 e. The number of pyridine rings is 2. The molecule has 1 aliphatic rings. The van der Waals surface area contributed by atoms with Crippen LogP contribution >= 0.6 is 0 Å². The van der Waals surface area contributed by atoms with Gasteiger partial charge in [-0.25, -0.2) is 8.42 Å². The fourth-order valence-corrected chi connectivity index (χ4v) is 5.17. The summed E-state index contributed by atoms with van der Waals surface area (Å²) in [5.41, 5.74) is 0.523. The number of fused-ring (bicyclic) bond motifs is 1. The number of benzene rings is 1. The molecule has 1 aliphatic heterocycles. The van der Waals surface area contributed by atoms with Crippen molar-refractivity contribution in [3.05, 3.63) is 61.1 Å². The summed E-state index contributed by atoms with van der Waals surface area (Å²) >= 11 is 0. The number of rotatable bonds is 5. The second-order valence-corrected chi connectivity index (χ2v) is 8.60. The molecule has 27 heavy (non-hydrogen) atoms. The number of para-hydroxylation sites is 1. The average molecular weight is 383 g/mol. The Morgan fingerprint density at radius 1 is 1.07 bits per heavy atom. The molecule has 3 heterocycles. The van der Waals surface area contributed by atoms with Crippen LogP contribution in [-0.4, -0.2) is 42.4 Å². The van der Waals surface area contributed by atoms with E-state index in [0.717, 1.165) is 24.0 Å². The Morgan fingerprint density at radius 3 is 2.74 bits per heavy atom. The summed E-state index contributed by atoms with van der Waals surface area (Å²) in [6.07, 6.45) is 6.76. The molecule has 7 heteroatoms. The van der Waals surface area contributed by atoms with Gasteiger partial charge in [-0.15, -0.1) is 0 Å². The molecule has 0 spiro atoms.